The summed E-state index contributed by atoms with van der Waals surface area (Å²) >= 11 is 0. The molecule has 1 unspecified atom stereocenters. The number of hydrogen-bond acceptors (Lipinski definition) is 2. The van der Waals surface area contributed by atoms with E-state index in [1.165, 1.54) is 12.8 Å². The van der Waals surface area contributed by atoms with Crippen LogP contribution < -0.4 is 0 Å². The topological polar surface area (TPSA) is 18.5 Å². The first-order valence-electron chi connectivity index (χ1n) is 6.00. The summed E-state index contributed by atoms with van der Waals surface area (Å²) in [4.78, 5) is 0. The van der Waals surface area contributed by atoms with E-state index in [-0.39, 0.29) is 5.41 Å². The highest BCUT2D eigenvalue weighted by Crippen LogP contribution is 2.36. The molecule has 0 aromatic rings. The molecule has 0 rings (SSSR count). The molecule has 1 atom stereocenters. The van der Waals surface area contributed by atoms with Gasteiger partial charge in [0.15, 0.2) is 0 Å². The Morgan fingerprint density at radius 3 is 1.73 bits per heavy atom. The second-order valence-corrected chi connectivity index (χ2v) is 5.10. The van der Waals surface area contributed by atoms with Crippen LogP contribution in [0.4, 0.5) is 0 Å². The van der Waals surface area contributed by atoms with Crippen LogP contribution in [-0.2, 0) is 9.47 Å². The highest BCUT2D eigenvalue weighted by atomic mass is 16.5. The van der Waals surface area contributed by atoms with Gasteiger partial charge in [0.05, 0.1) is 13.2 Å². The monoisotopic (exact) mass is 216 g/mol. The van der Waals surface area contributed by atoms with Crippen LogP contribution in [0, 0.1) is 17.3 Å². The van der Waals surface area contributed by atoms with Crippen LogP contribution in [0.1, 0.15) is 40.5 Å². The fourth-order valence-corrected chi connectivity index (χ4v) is 2.14. The molecule has 0 spiro atoms. The van der Waals surface area contributed by atoms with Crippen LogP contribution in [0.25, 0.3) is 0 Å². The Balaban J connectivity index is 4.60. The lowest BCUT2D eigenvalue weighted by molar-refractivity contribution is -0.0351. The molecule has 0 aliphatic rings. The lowest BCUT2D eigenvalue weighted by atomic mass is 9.72. The van der Waals surface area contributed by atoms with E-state index < -0.39 is 0 Å². The van der Waals surface area contributed by atoms with Crippen molar-refractivity contribution in [3.05, 3.63) is 0 Å². The normalized spacial score (nSPS) is 14.6. The third-order valence-corrected chi connectivity index (χ3v) is 3.54. The first kappa shape index (κ1) is 14.9. The molecule has 0 saturated carbocycles. The molecule has 0 aliphatic heterocycles. The molecule has 2 heteroatoms. The summed E-state index contributed by atoms with van der Waals surface area (Å²) in [5, 5.41) is 0. The molecule has 92 valence electrons. The quantitative estimate of drug-likeness (QED) is 0.619. The van der Waals surface area contributed by atoms with Crippen molar-refractivity contribution < 1.29 is 9.47 Å². The first-order valence-corrected chi connectivity index (χ1v) is 6.00. The van der Waals surface area contributed by atoms with Crippen LogP contribution in [0.5, 0.6) is 0 Å². The predicted octanol–water partition coefficient (Wildman–Crippen LogP) is 3.36. The minimum Gasteiger partial charge on any atom is -0.384 e. The van der Waals surface area contributed by atoms with E-state index in [0.29, 0.717) is 5.92 Å². The van der Waals surface area contributed by atoms with E-state index in [9.17, 15) is 0 Å². The van der Waals surface area contributed by atoms with Crippen LogP contribution in [0.2, 0.25) is 0 Å². The van der Waals surface area contributed by atoms with Gasteiger partial charge in [0.1, 0.15) is 0 Å². The van der Waals surface area contributed by atoms with E-state index in [0.717, 1.165) is 19.1 Å². The maximum atomic E-state index is 5.39. The van der Waals surface area contributed by atoms with Crippen molar-refractivity contribution in [1.82, 2.24) is 0 Å². The van der Waals surface area contributed by atoms with Crippen molar-refractivity contribution in [2.24, 2.45) is 17.3 Å². The van der Waals surface area contributed by atoms with Gasteiger partial charge < -0.3 is 9.47 Å². The summed E-state index contributed by atoms with van der Waals surface area (Å²) in [5.41, 5.74) is 0.179. The average Bonchev–Trinajstić information content (AvgIpc) is 2.18. The van der Waals surface area contributed by atoms with Crippen molar-refractivity contribution in [2.45, 2.75) is 40.5 Å². The van der Waals surface area contributed by atoms with Crippen LogP contribution in [0.15, 0.2) is 0 Å². The zero-order valence-electron chi connectivity index (χ0n) is 11.3. The number of hydrogen-bond donors (Lipinski definition) is 0. The fraction of sp³-hybridized carbons (Fsp3) is 1.00. The summed E-state index contributed by atoms with van der Waals surface area (Å²) in [5.74, 6) is 1.32. The molecular formula is C13H28O2. The molecular weight excluding hydrogens is 188 g/mol. The van der Waals surface area contributed by atoms with Crippen molar-refractivity contribution in [3.8, 4) is 0 Å². The number of ether oxygens (including phenoxy) is 2. The lowest BCUT2D eigenvalue weighted by Crippen LogP contribution is -2.38. The second kappa shape index (κ2) is 7.24. The average molecular weight is 216 g/mol. The predicted molar refractivity (Wildman–Crippen MR) is 65.1 cm³/mol. The Kier molecular flexibility index (Phi) is 7.20. The highest BCUT2D eigenvalue weighted by Gasteiger charge is 2.35. The van der Waals surface area contributed by atoms with Gasteiger partial charge in [-0.2, -0.15) is 0 Å². The molecule has 0 amide bonds. The summed E-state index contributed by atoms with van der Waals surface area (Å²) in [7, 11) is 3.56. The first-order chi connectivity index (χ1) is 7.02. The maximum Gasteiger partial charge on any atom is 0.0543 e. The largest absolute Gasteiger partial charge is 0.384 e. The van der Waals surface area contributed by atoms with Gasteiger partial charge in [-0.1, -0.05) is 34.1 Å². The van der Waals surface area contributed by atoms with Gasteiger partial charge in [-0.05, 0) is 18.3 Å². The van der Waals surface area contributed by atoms with Crippen molar-refractivity contribution in [1.29, 1.82) is 0 Å². The lowest BCUT2D eigenvalue weighted by Gasteiger charge is -2.38. The molecule has 0 aromatic carbocycles. The molecule has 0 heterocycles. The van der Waals surface area contributed by atoms with Gasteiger partial charge in [-0.3, -0.25) is 0 Å². The summed E-state index contributed by atoms with van der Waals surface area (Å²) < 4.78 is 10.8. The minimum absolute atomic E-state index is 0.179. The maximum absolute atomic E-state index is 5.39. The number of rotatable bonds is 8. The van der Waals surface area contributed by atoms with Gasteiger partial charge in [-0.15, -0.1) is 0 Å². The van der Waals surface area contributed by atoms with Gasteiger partial charge in [0.2, 0.25) is 0 Å². The van der Waals surface area contributed by atoms with Crippen LogP contribution >= 0.6 is 0 Å². The SMILES string of the molecule is CCC(C)CC(COC)(COC)C(C)C. The third-order valence-electron chi connectivity index (χ3n) is 3.54. The van der Waals surface area contributed by atoms with Gasteiger partial charge >= 0.3 is 0 Å². The van der Waals surface area contributed by atoms with Crippen LogP contribution in [-0.4, -0.2) is 27.4 Å². The standard InChI is InChI=1S/C13H28O2/c1-7-12(4)8-13(9-14-5,10-15-6)11(2)3/h11-12H,7-10H2,1-6H3. The zero-order valence-corrected chi connectivity index (χ0v) is 11.3. The molecule has 0 radical (unpaired) electrons. The molecule has 0 bridgehead atoms. The number of methoxy groups -OCH3 is 2. The minimum atomic E-state index is 0.179. The molecule has 0 aliphatic carbocycles. The molecule has 0 N–H and O–H groups in total. The smallest absolute Gasteiger partial charge is 0.0543 e. The van der Waals surface area contributed by atoms with Crippen LogP contribution in [0.3, 0.4) is 0 Å². The fourth-order valence-electron chi connectivity index (χ4n) is 2.14. The van der Waals surface area contributed by atoms with Gasteiger partial charge in [-0.25, -0.2) is 0 Å². The van der Waals surface area contributed by atoms with E-state index in [1.54, 1.807) is 14.2 Å². The Hall–Kier alpha value is -0.0800. The van der Waals surface area contributed by atoms with Crippen molar-refractivity contribution in [3.63, 3.8) is 0 Å². The molecule has 2 nitrogen and oxygen atoms in total. The third kappa shape index (κ3) is 4.52. The van der Waals surface area contributed by atoms with E-state index in [1.807, 2.05) is 0 Å². The summed E-state index contributed by atoms with van der Waals surface area (Å²) in [6.07, 6.45) is 2.41. The van der Waals surface area contributed by atoms with Gasteiger partial charge in [0.25, 0.3) is 0 Å². The van der Waals surface area contributed by atoms with E-state index in [2.05, 4.69) is 27.7 Å². The Bertz CT molecular complexity index is 149. The second-order valence-electron chi connectivity index (χ2n) is 5.10. The highest BCUT2D eigenvalue weighted by molar-refractivity contribution is 4.84. The Labute approximate surface area is 95.3 Å². The summed E-state index contributed by atoms with van der Waals surface area (Å²) in [6, 6.07) is 0. The van der Waals surface area contributed by atoms with Crippen molar-refractivity contribution >= 4 is 0 Å². The zero-order chi connectivity index (χ0) is 11.9. The van der Waals surface area contributed by atoms with Crippen molar-refractivity contribution in [2.75, 3.05) is 27.4 Å². The van der Waals surface area contributed by atoms with E-state index >= 15 is 0 Å². The van der Waals surface area contributed by atoms with Gasteiger partial charge in [0, 0.05) is 19.6 Å². The Morgan fingerprint density at radius 1 is 1.00 bits per heavy atom. The molecule has 15 heavy (non-hydrogen) atoms. The Morgan fingerprint density at radius 2 is 1.47 bits per heavy atom. The molecule has 0 fully saturated rings. The molecule has 0 saturated heterocycles. The summed E-state index contributed by atoms with van der Waals surface area (Å²) in [6.45, 7) is 10.7. The van der Waals surface area contributed by atoms with E-state index in [4.69, 9.17) is 9.47 Å². The molecule has 0 aromatic heterocycles.